The Balaban J connectivity index is 2.85. The predicted octanol–water partition coefficient (Wildman–Crippen LogP) is 4.56. The van der Waals surface area contributed by atoms with E-state index in [1.54, 1.807) is 0 Å². The van der Waals surface area contributed by atoms with Crippen molar-refractivity contribution in [1.82, 2.24) is 5.32 Å². The fraction of sp³-hybridized carbons (Fsp3) is 0.647. The maximum atomic E-state index is 5.77. The molecule has 0 saturated carbocycles. The Hall–Kier alpha value is -1.02. The van der Waals surface area contributed by atoms with E-state index in [4.69, 9.17) is 4.74 Å². The van der Waals surface area contributed by atoms with Crippen LogP contribution >= 0.6 is 0 Å². The number of rotatable bonds is 9. The lowest BCUT2D eigenvalue weighted by Crippen LogP contribution is -2.23. The van der Waals surface area contributed by atoms with Gasteiger partial charge >= 0.3 is 0 Å². The molecule has 0 amide bonds. The van der Waals surface area contributed by atoms with Gasteiger partial charge in [0, 0.05) is 11.6 Å². The van der Waals surface area contributed by atoms with Crippen molar-refractivity contribution in [2.24, 2.45) is 5.92 Å². The molecule has 2 heteroatoms. The van der Waals surface area contributed by atoms with E-state index in [1.165, 1.54) is 24.8 Å². The second-order valence-electron chi connectivity index (χ2n) is 5.21. The monoisotopic (exact) mass is 263 g/mol. The number of hydrogen-bond acceptors (Lipinski definition) is 2. The van der Waals surface area contributed by atoms with Crippen molar-refractivity contribution < 1.29 is 4.74 Å². The largest absolute Gasteiger partial charge is 0.494 e. The summed E-state index contributed by atoms with van der Waals surface area (Å²) in [7, 11) is 0. The standard InChI is InChI=1S/C17H29NO/c1-5-10-14(4)13-16(18-6-2)15-11-8-9-12-17(15)19-7-3/h8-9,11-12,14,16,18H,5-7,10,13H2,1-4H3. The van der Waals surface area contributed by atoms with Crippen LogP contribution in [-0.2, 0) is 0 Å². The topological polar surface area (TPSA) is 21.3 Å². The first-order chi connectivity index (χ1) is 9.22. The summed E-state index contributed by atoms with van der Waals surface area (Å²) in [6, 6.07) is 8.82. The maximum Gasteiger partial charge on any atom is 0.124 e. The molecule has 0 aromatic heterocycles. The Morgan fingerprint density at radius 1 is 1.16 bits per heavy atom. The number of nitrogens with one attached hydrogen (secondary N) is 1. The van der Waals surface area contributed by atoms with Crippen molar-refractivity contribution >= 4 is 0 Å². The summed E-state index contributed by atoms with van der Waals surface area (Å²) in [6.07, 6.45) is 3.72. The summed E-state index contributed by atoms with van der Waals surface area (Å²) in [4.78, 5) is 0. The summed E-state index contributed by atoms with van der Waals surface area (Å²) in [6.45, 7) is 10.5. The van der Waals surface area contributed by atoms with E-state index in [0.29, 0.717) is 6.04 Å². The molecule has 2 atom stereocenters. The van der Waals surface area contributed by atoms with Crippen molar-refractivity contribution in [2.45, 2.75) is 53.0 Å². The van der Waals surface area contributed by atoms with Crippen molar-refractivity contribution in [3.63, 3.8) is 0 Å². The number of ether oxygens (including phenoxy) is 1. The molecule has 0 aliphatic heterocycles. The SMILES string of the molecule is CCCC(C)CC(NCC)c1ccccc1OCC. The van der Waals surface area contributed by atoms with Gasteiger partial charge in [-0.1, -0.05) is 51.8 Å². The van der Waals surface area contributed by atoms with E-state index in [1.807, 2.05) is 13.0 Å². The lowest BCUT2D eigenvalue weighted by atomic mass is 9.92. The molecular formula is C17H29NO. The molecule has 0 radical (unpaired) electrons. The Labute approximate surface area is 118 Å². The van der Waals surface area contributed by atoms with Gasteiger partial charge in [0.1, 0.15) is 5.75 Å². The molecule has 2 unspecified atom stereocenters. The van der Waals surface area contributed by atoms with Crippen LogP contribution < -0.4 is 10.1 Å². The van der Waals surface area contributed by atoms with Gasteiger partial charge in [0.2, 0.25) is 0 Å². The third-order valence-corrected chi connectivity index (χ3v) is 3.46. The van der Waals surface area contributed by atoms with E-state index < -0.39 is 0 Å². The molecule has 0 aliphatic carbocycles. The van der Waals surface area contributed by atoms with Gasteiger partial charge in [-0.15, -0.1) is 0 Å². The molecule has 0 bridgehead atoms. The Morgan fingerprint density at radius 2 is 1.89 bits per heavy atom. The van der Waals surface area contributed by atoms with Crippen LogP contribution in [0.15, 0.2) is 24.3 Å². The Morgan fingerprint density at radius 3 is 2.53 bits per heavy atom. The Bertz CT molecular complexity index is 351. The summed E-state index contributed by atoms with van der Waals surface area (Å²) < 4.78 is 5.77. The highest BCUT2D eigenvalue weighted by Crippen LogP contribution is 2.30. The van der Waals surface area contributed by atoms with Gasteiger partial charge in [-0.2, -0.15) is 0 Å². The van der Waals surface area contributed by atoms with Crippen LogP contribution in [0.4, 0.5) is 0 Å². The molecule has 0 saturated heterocycles. The van der Waals surface area contributed by atoms with Crippen LogP contribution in [-0.4, -0.2) is 13.2 Å². The van der Waals surface area contributed by atoms with Crippen molar-refractivity contribution in [3.05, 3.63) is 29.8 Å². The van der Waals surface area contributed by atoms with E-state index in [0.717, 1.165) is 24.8 Å². The maximum absolute atomic E-state index is 5.77. The molecule has 1 aromatic carbocycles. The normalized spacial score (nSPS) is 14.1. The fourth-order valence-corrected chi connectivity index (χ4v) is 2.64. The van der Waals surface area contributed by atoms with Crippen LogP contribution in [0, 0.1) is 5.92 Å². The first-order valence-electron chi connectivity index (χ1n) is 7.67. The van der Waals surface area contributed by atoms with Gasteiger partial charge in [0.05, 0.1) is 6.61 Å². The van der Waals surface area contributed by atoms with Gasteiger partial charge in [0.25, 0.3) is 0 Å². The average Bonchev–Trinajstić information content (AvgIpc) is 2.39. The summed E-state index contributed by atoms with van der Waals surface area (Å²) in [5.41, 5.74) is 1.30. The van der Waals surface area contributed by atoms with E-state index >= 15 is 0 Å². The minimum absolute atomic E-state index is 0.397. The molecule has 1 aromatic rings. The van der Waals surface area contributed by atoms with Gasteiger partial charge in [-0.05, 0) is 31.9 Å². The van der Waals surface area contributed by atoms with Gasteiger partial charge in [0.15, 0.2) is 0 Å². The van der Waals surface area contributed by atoms with Crippen molar-refractivity contribution in [1.29, 1.82) is 0 Å². The zero-order valence-corrected chi connectivity index (χ0v) is 12.9. The summed E-state index contributed by atoms with van der Waals surface area (Å²) in [5, 5.41) is 3.61. The van der Waals surface area contributed by atoms with E-state index in [2.05, 4.69) is 44.3 Å². The van der Waals surface area contributed by atoms with Gasteiger partial charge < -0.3 is 10.1 Å². The molecule has 19 heavy (non-hydrogen) atoms. The summed E-state index contributed by atoms with van der Waals surface area (Å²) in [5.74, 6) is 1.77. The van der Waals surface area contributed by atoms with Crippen molar-refractivity contribution in [3.8, 4) is 5.75 Å². The molecule has 0 heterocycles. The van der Waals surface area contributed by atoms with E-state index in [9.17, 15) is 0 Å². The molecule has 2 nitrogen and oxygen atoms in total. The predicted molar refractivity (Wildman–Crippen MR) is 82.7 cm³/mol. The average molecular weight is 263 g/mol. The molecule has 108 valence electrons. The second-order valence-corrected chi connectivity index (χ2v) is 5.21. The first kappa shape index (κ1) is 16.0. The van der Waals surface area contributed by atoms with Gasteiger partial charge in [-0.25, -0.2) is 0 Å². The number of para-hydroxylation sites is 1. The summed E-state index contributed by atoms with van der Waals surface area (Å²) >= 11 is 0. The lowest BCUT2D eigenvalue weighted by Gasteiger charge is -2.24. The fourth-order valence-electron chi connectivity index (χ4n) is 2.64. The zero-order chi connectivity index (χ0) is 14.1. The van der Waals surface area contributed by atoms with Crippen LogP contribution in [0.25, 0.3) is 0 Å². The lowest BCUT2D eigenvalue weighted by molar-refractivity contribution is 0.323. The molecular weight excluding hydrogens is 234 g/mol. The highest BCUT2D eigenvalue weighted by Gasteiger charge is 2.17. The molecule has 1 N–H and O–H groups in total. The van der Waals surface area contributed by atoms with Crippen LogP contribution in [0.1, 0.15) is 58.6 Å². The minimum Gasteiger partial charge on any atom is -0.494 e. The van der Waals surface area contributed by atoms with Crippen LogP contribution in [0.3, 0.4) is 0 Å². The molecule has 0 fully saturated rings. The van der Waals surface area contributed by atoms with E-state index in [-0.39, 0.29) is 0 Å². The third-order valence-electron chi connectivity index (χ3n) is 3.46. The highest BCUT2D eigenvalue weighted by atomic mass is 16.5. The quantitative estimate of drug-likeness (QED) is 0.705. The molecule has 1 rings (SSSR count). The molecule has 0 aliphatic rings. The second kappa shape index (κ2) is 8.98. The van der Waals surface area contributed by atoms with Crippen LogP contribution in [0.5, 0.6) is 5.75 Å². The smallest absolute Gasteiger partial charge is 0.124 e. The third kappa shape index (κ3) is 5.23. The van der Waals surface area contributed by atoms with Gasteiger partial charge in [-0.3, -0.25) is 0 Å². The minimum atomic E-state index is 0.397. The Kier molecular flexibility index (Phi) is 7.57. The highest BCUT2D eigenvalue weighted by molar-refractivity contribution is 5.36. The zero-order valence-electron chi connectivity index (χ0n) is 12.9. The number of hydrogen-bond donors (Lipinski definition) is 1. The van der Waals surface area contributed by atoms with Crippen molar-refractivity contribution in [2.75, 3.05) is 13.2 Å². The molecule has 0 spiro atoms. The first-order valence-corrected chi connectivity index (χ1v) is 7.67. The van der Waals surface area contributed by atoms with Crippen LogP contribution in [0.2, 0.25) is 0 Å². The number of benzene rings is 1.